The normalized spacial score (nSPS) is 13.6. The van der Waals surface area contributed by atoms with Crippen molar-refractivity contribution in [1.82, 2.24) is 0 Å². The Morgan fingerprint density at radius 3 is 2.20 bits per heavy atom. The van der Waals surface area contributed by atoms with Crippen LogP contribution in [0, 0.1) is 5.82 Å². The number of hydrogen-bond donors (Lipinski definition) is 0. The van der Waals surface area contributed by atoms with Gasteiger partial charge >= 0.3 is 6.61 Å². The van der Waals surface area contributed by atoms with Crippen LogP contribution in [0.5, 0.6) is 5.75 Å². The number of aromatic nitrogens is 1. The van der Waals surface area contributed by atoms with Crippen LogP contribution in [0.4, 0.5) is 36.4 Å². The highest BCUT2D eigenvalue weighted by atomic mass is 79.9. The van der Waals surface area contributed by atoms with Gasteiger partial charge in [0, 0.05) is 45.9 Å². The molecule has 5 nitrogen and oxygen atoms in total. The van der Waals surface area contributed by atoms with E-state index < -0.39 is 46.7 Å². The van der Waals surface area contributed by atoms with Gasteiger partial charge in [0.1, 0.15) is 18.3 Å². The monoisotopic (exact) mass is 669 g/mol. The molecule has 1 aromatic heterocycles. The molecule has 1 heterocycles. The molecule has 0 saturated heterocycles. The first kappa shape index (κ1) is 32.6. The van der Waals surface area contributed by atoms with Gasteiger partial charge in [0.15, 0.2) is 5.82 Å². The summed E-state index contributed by atoms with van der Waals surface area (Å²) in [5.41, 5.74) is -8.76. The Morgan fingerprint density at radius 1 is 1.10 bits per heavy atom. The van der Waals surface area contributed by atoms with Crippen LogP contribution in [-0.4, -0.2) is 37.8 Å². The lowest BCUT2D eigenvalue weighted by molar-refractivity contribution is -0.885. The number of alkyl halides is 6. The highest BCUT2D eigenvalue weighted by Crippen LogP contribution is 2.55. The average Bonchev–Trinajstić information content (AvgIpc) is 2.88. The molecular formula is C27H26BrF7N2O3P+. The molecule has 0 aliphatic carbocycles. The van der Waals surface area contributed by atoms with Crippen LogP contribution in [0.1, 0.15) is 36.7 Å². The third-order valence-electron chi connectivity index (χ3n) is 6.75. The standard InChI is InChI=1S/C27H26BrF7N2O3P/c1-5-37(23(38)15-9-11-36(39-4)12-10-15)19-8-6-7-17(22(19)29)21-18(28)13-16(14-20(21)40-24(30)31)25(2,26(3,32)33)27(34,35)41/h6-14,24H,5,41H2,1-4H3/q+1. The van der Waals surface area contributed by atoms with Crippen LogP contribution in [0.3, 0.4) is 0 Å². The Bertz CT molecular complexity index is 1400. The van der Waals surface area contributed by atoms with Crippen LogP contribution in [0.15, 0.2) is 59.3 Å². The van der Waals surface area contributed by atoms with Gasteiger partial charge < -0.3 is 9.64 Å². The molecule has 0 aliphatic heterocycles. The lowest BCUT2D eigenvalue weighted by Crippen LogP contribution is -2.51. The molecule has 0 N–H and O–H groups in total. The van der Waals surface area contributed by atoms with Crippen molar-refractivity contribution in [2.24, 2.45) is 0 Å². The zero-order valence-corrected chi connectivity index (χ0v) is 24.9. The van der Waals surface area contributed by atoms with Crippen molar-refractivity contribution in [3.8, 4) is 16.9 Å². The lowest BCUT2D eigenvalue weighted by Gasteiger charge is -2.40. The van der Waals surface area contributed by atoms with E-state index in [2.05, 4.69) is 20.7 Å². The number of ether oxygens (including phenoxy) is 1. The molecule has 41 heavy (non-hydrogen) atoms. The number of amides is 1. The summed E-state index contributed by atoms with van der Waals surface area (Å²) in [6.45, 7) is -1.05. The summed E-state index contributed by atoms with van der Waals surface area (Å²) in [5, 5.41) is 0. The maximum absolute atomic E-state index is 16.1. The van der Waals surface area contributed by atoms with E-state index in [0.29, 0.717) is 13.0 Å². The quantitative estimate of drug-likeness (QED) is 0.130. The minimum Gasteiger partial charge on any atom is -0.434 e. The molecular weight excluding hydrogens is 644 g/mol. The first-order valence-corrected chi connectivity index (χ1v) is 13.3. The molecule has 0 spiro atoms. The Balaban J connectivity index is 2.23. The van der Waals surface area contributed by atoms with Crippen LogP contribution >= 0.6 is 25.2 Å². The highest BCUT2D eigenvalue weighted by molar-refractivity contribution is 9.10. The number of halogens is 8. The second kappa shape index (κ2) is 12.1. The predicted molar refractivity (Wildman–Crippen MR) is 145 cm³/mol. The van der Waals surface area contributed by atoms with Crippen molar-refractivity contribution < 1.29 is 49.8 Å². The molecule has 3 rings (SSSR count). The van der Waals surface area contributed by atoms with Crippen LogP contribution < -0.4 is 19.2 Å². The van der Waals surface area contributed by atoms with Crippen molar-refractivity contribution >= 4 is 36.8 Å². The van der Waals surface area contributed by atoms with Crippen molar-refractivity contribution in [3.63, 3.8) is 0 Å². The molecule has 14 heteroatoms. The lowest BCUT2D eigenvalue weighted by atomic mass is 9.76. The number of nitrogens with zero attached hydrogens (tertiary/aromatic N) is 2. The number of carbonyl (C=O) groups is 1. The van der Waals surface area contributed by atoms with Gasteiger partial charge in [-0.15, -0.1) is 0 Å². The molecule has 2 unspecified atom stereocenters. The van der Waals surface area contributed by atoms with Gasteiger partial charge in [-0.1, -0.05) is 37.3 Å². The molecule has 0 radical (unpaired) electrons. The molecule has 0 aliphatic rings. The van der Waals surface area contributed by atoms with Gasteiger partial charge in [0.2, 0.25) is 12.4 Å². The van der Waals surface area contributed by atoms with Crippen LogP contribution in [0.25, 0.3) is 11.1 Å². The zero-order valence-electron chi connectivity index (χ0n) is 22.2. The fourth-order valence-corrected chi connectivity index (χ4v) is 5.31. The van der Waals surface area contributed by atoms with Gasteiger partial charge in [-0.25, -0.2) is 22.0 Å². The summed E-state index contributed by atoms with van der Waals surface area (Å²) in [4.78, 5) is 19.3. The van der Waals surface area contributed by atoms with E-state index in [4.69, 9.17) is 4.84 Å². The number of benzene rings is 2. The SMILES string of the molecule is CCN(C(=O)c1cc[n+](OC)cc1)c1cccc(-c2c(Br)cc(C(C)(C(C)(F)F)C(F)(F)P)cc2OC(F)F)c1F. The maximum atomic E-state index is 16.1. The molecule has 2 atom stereocenters. The summed E-state index contributed by atoms with van der Waals surface area (Å²) >= 11 is 3.06. The smallest absolute Gasteiger partial charge is 0.387 e. The van der Waals surface area contributed by atoms with Crippen LogP contribution in [0.2, 0.25) is 0 Å². The van der Waals surface area contributed by atoms with E-state index >= 15 is 4.39 Å². The van der Waals surface area contributed by atoms with E-state index in [1.807, 2.05) is 0 Å². The largest absolute Gasteiger partial charge is 0.434 e. The number of hydrogen-bond acceptors (Lipinski definition) is 3. The minimum atomic E-state index is -4.10. The van der Waals surface area contributed by atoms with Gasteiger partial charge in [0.05, 0.1) is 11.3 Å². The van der Waals surface area contributed by atoms with Gasteiger partial charge in [-0.05, 0) is 37.6 Å². The summed E-state index contributed by atoms with van der Waals surface area (Å²) in [6.07, 6.45) is 2.93. The molecule has 0 fully saturated rings. The Morgan fingerprint density at radius 2 is 1.71 bits per heavy atom. The molecule has 0 bridgehead atoms. The molecule has 1 amide bonds. The predicted octanol–water partition coefficient (Wildman–Crippen LogP) is 7.25. The van der Waals surface area contributed by atoms with E-state index in [1.165, 1.54) is 54.6 Å². The van der Waals surface area contributed by atoms with Gasteiger partial charge in [-0.3, -0.25) is 9.63 Å². The van der Waals surface area contributed by atoms with Crippen molar-refractivity contribution in [1.29, 1.82) is 0 Å². The Kier molecular flexibility index (Phi) is 9.64. The summed E-state index contributed by atoms with van der Waals surface area (Å²) in [7, 11) is 2.47. The molecule has 222 valence electrons. The Hall–Kier alpha value is -2.92. The first-order valence-electron chi connectivity index (χ1n) is 12.0. The number of anilines is 1. The van der Waals surface area contributed by atoms with E-state index in [1.54, 1.807) is 6.92 Å². The van der Waals surface area contributed by atoms with Crippen LogP contribution in [-0.2, 0) is 5.41 Å². The Labute approximate surface area is 242 Å². The summed E-state index contributed by atoms with van der Waals surface area (Å²) in [6, 6.07) is 8.22. The second-order valence-electron chi connectivity index (χ2n) is 9.16. The average molecular weight is 670 g/mol. The molecule has 2 aromatic carbocycles. The minimum absolute atomic E-state index is 0.00602. The number of carbonyl (C=O) groups excluding carboxylic acids is 1. The fourth-order valence-electron chi connectivity index (χ4n) is 4.24. The maximum Gasteiger partial charge on any atom is 0.387 e. The summed E-state index contributed by atoms with van der Waals surface area (Å²) in [5.74, 6) is -6.48. The first-order chi connectivity index (χ1) is 19.0. The second-order valence-corrected chi connectivity index (χ2v) is 10.7. The van der Waals surface area contributed by atoms with E-state index in [0.717, 1.165) is 20.2 Å². The topological polar surface area (TPSA) is 42.7 Å². The van der Waals surface area contributed by atoms with E-state index in [-0.39, 0.29) is 40.3 Å². The number of pyridine rings is 1. The molecule has 0 saturated carbocycles. The van der Waals surface area contributed by atoms with E-state index in [9.17, 15) is 31.1 Å². The summed E-state index contributed by atoms with van der Waals surface area (Å²) < 4.78 is 107. The number of rotatable bonds is 10. The molecule has 3 aromatic rings. The van der Waals surface area contributed by atoms with Gasteiger partial charge in [-0.2, -0.15) is 8.78 Å². The highest BCUT2D eigenvalue weighted by Gasteiger charge is 2.61. The van der Waals surface area contributed by atoms with Crippen molar-refractivity contribution in [3.05, 3.63) is 76.3 Å². The van der Waals surface area contributed by atoms with Crippen molar-refractivity contribution in [2.75, 3.05) is 18.6 Å². The third-order valence-corrected chi connectivity index (χ3v) is 7.95. The fraction of sp³-hybridized carbons (Fsp3) is 0.333. The zero-order chi connectivity index (χ0) is 30.9. The van der Waals surface area contributed by atoms with Crippen molar-refractivity contribution in [2.45, 2.75) is 44.4 Å². The third kappa shape index (κ3) is 6.30. The van der Waals surface area contributed by atoms with Gasteiger partial charge in [0.25, 0.3) is 17.5 Å².